The molecule has 1 heterocycles. The Morgan fingerprint density at radius 3 is 2.80 bits per heavy atom. The van der Waals surface area contributed by atoms with Gasteiger partial charge in [0, 0.05) is 5.69 Å². The third-order valence-electron chi connectivity index (χ3n) is 3.07. The van der Waals surface area contributed by atoms with Gasteiger partial charge in [-0.25, -0.2) is 0 Å². The van der Waals surface area contributed by atoms with Gasteiger partial charge in [0.05, 0.1) is 12.6 Å². The summed E-state index contributed by atoms with van der Waals surface area (Å²) in [4.78, 5) is 12.1. The highest BCUT2D eigenvalue weighted by Crippen LogP contribution is 2.12. The molecule has 0 radical (unpaired) electrons. The molecular formula is C15H19N3O2. The quantitative estimate of drug-likeness (QED) is 0.751. The molecule has 2 rings (SSSR count). The van der Waals surface area contributed by atoms with Gasteiger partial charge in [-0.15, -0.1) is 0 Å². The van der Waals surface area contributed by atoms with Gasteiger partial charge in [0.1, 0.15) is 5.69 Å². The number of rotatable bonds is 6. The number of hydrogen-bond acceptors (Lipinski definition) is 3. The van der Waals surface area contributed by atoms with E-state index in [-0.39, 0.29) is 12.5 Å². The normalized spacial score (nSPS) is 12.1. The molecule has 0 fully saturated rings. The van der Waals surface area contributed by atoms with Gasteiger partial charge in [-0.2, -0.15) is 5.10 Å². The number of aromatic amines is 1. The van der Waals surface area contributed by atoms with Gasteiger partial charge in [0.15, 0.2) is 0 Å². The average molecular weight is 273 g/mol. The van der Waals surface area contributed by atoms with Crippen LogP contribution in [-0.4, -0.2) is 27.8 Å². The first kappa shape index (κ1) is 14.3. The van der Waals surface area contributed by atoms with Crippen molar-refractivity contribution < 1.29 is 9.90 Å². The largest absolute Gasteiger partial charge is 0.394 e. The summed E-state index contributed by atoms with van der Waals surface area (Å²) in [7, 11) is 0. The molecule has 1 amide bonds. The molecule has 0 saturated heterocycles. The summed E-state index contributed by atoms with van der Waals surface area (Å²) in [6, 6.07) is 10.7. The van der Waals surface area contributed by atoms with Crippen LogP contribution in [0.4, 0.5) is 0 Å². The summed E-state index contributed by atoms with van der Waals surface area (Å²) in [6.45, 7) is 1.92. The summed E-state index contributed by atoms with van der Waals surface area (Å²) in [5.74, 6) is -0.286. The fourth-order valence-electron chi connectivity index (χ4n) is 2.03. The van der Waals surface area contributed by atoms with Crippen LogP contribution in [0.15, 0.2) is 36.4 Å². The second kappa shape index (κ2) is 6.86. The van der Waals surface area contributed by atoms with Crippen LogP contribution >= 0.6 is 0 Å². The van der Waals surface area contributed by atoms with E-state index in [1.54, 1.807) is 6.07 Å². The smallest absolute Gasteiger partial charge is 0.272 e. The van der Waals surface area contributed by atoms with Crippen molar-refractivity contribution in [2.24, 2.45) is 0 Å². The lowest BCUT2D eigenvalue weighted by Gasteiger charge is -2.15. The fourth-order valence-corrected chi connectivity index (χ4v) is 2.03. The molecule has 1 aromatic heterocycles. The minimum atomic E-state index is -0.421. The number of amides is 1. The number of benzene rings is 1. The number of carbonyl (C=O) groups excluding carboxylic acids is 1. The zero-order valence-electron chi connectivity index (χ0n) is 11.5. The Bertz CT molecular complexity index is 551. The second-order valence-corrected chi connectivity index (χ2v) is 4.65. The van der Waals surface area contributed by atoms with Crippen LogP contribution < -0.4 is 5.32 Å². The van der Waals surface area contributed by atoms with E-state index in [0.717, 1.165) is 24.1 Å². The number of aliphatic hydroxyl groups is 1. The lowest BCUT2D eigenvalue weighted by atomic mass is 10.1. The van der Waals surface area contributed by atoms with Crippen LogP contribution in [0.2, 0.25) is 0 Å². The van der Waals surface area contributed by atoms with Gasteiger partial charge in [0.25, 0.3) is 5.91 Å². The Balaban J connectivity index is 2.05. The second-order valence-electron chi connectivity index (χ2n) is 4.65. The van der Waals surface area contributed by atoms with Gasteiger partial charge in [0.2, 0.25) is 0 Å². The van der Waals surface area contributed by atoms with Crippen molar-refractivity contribution in [3.8, 4) is 0 Å². The molecule has 1 aromatic carbocycles. The number of aliphatic hydroxyl groups excluding tert-OH is 1. The zero-order chi connectivity index (χ0) is 14.4. The van der Waals surface area contributed by atoms with E-state index < -0.39 is 6.04 Å². The maximum atomic E-state index is 12.1. The fraction of sp³-hybridized carbons (Fsp3) is 0.333. The summed E-state index contributed by atoms with van der Waals surface area (Å²) >= 11 is 0. The van der Waals surface area contributed by atoms with Crippen molar-refractivity contribution in [3.05, 3.63) is 53.3 Å². The SMILES string of the molecule is CCCc1cc(C(=O)NC(CO)c2ccccc2)n[nH]1. The lowest BCUT2D eigenvalue weighted by molar-refractivity contribution is 0.0911. The zero-order valence-corrected chi connectivity index (χ0v) is 11.5. The van der Waals surface area contributed by atoms with E-state index in [9.17, 15) is 9.90 Å². The number of nitrogens with one attached hydrogen (secondary N) is 2. The Hall–Kier alpha value is -2.14. The number of carbonyl (C=O) groups is 1. The van der Waals surface area contributed by atoms with Crippen molar-refractivity contribution >= 4 is 5.91 Å². The molecule has 5 nitrogen and oxygen atoms in total. The molecule has 0 saturated carbocycles. The molecule has 3 N–H and O–H groups in total. The van der Waals surface area contributed by atoms with Crippen LogP contribution in [0.1, 0.15) is 41.1 Å². The molecule has 106 valence electrons. The molecule has 0 aliphatic rings. The van der Waals surface area contributed by atoms with Crippen LogP contribution in [0, 0.1) is 0 Å². The Kier molecular flexibility index (Phi) is 4.90. The van der Waals surface area contributed by atoms with Crippen LogP contribution in [0.25, 0.3) is 0 Å². The van der Waals surface area contributed by atoms with Crippen molar-refractivity contribution in [1.82, 2.24) is 15.5 Å². The number of aryl methyl sites for hydroxylation is 1. The first-order valence-electron chi connectivity index (χ1n) is 6.75. The van der Waals surface area contributed by atoms with Gasteiger partial charge < -0.3 is 10.4 Å². The summed E-state index contributed by atoms with van der Waals surface area (Å²) < 4.78 is 0. The molecule has 20 heavy (non-hydrogen) atoms. The van der Waals surface area contributed by atoms with Gasteiger partial charge in [-0.05, 0) is 18.1 Å². The van der Waals surface area contributed by atoms with Crippen molar-refractivity contribution in [3.63, 3.8) is 0 Å². The van der Waals surface area contributed by atoms with E-state index in [1.165, 1.54) is 0 Å². The maximum Gasteiger partial charge on any atom is 0.272 e. The number of nitrogens with zero attached hydrogens (tertiary/aromatic N) is 1. The molecule has 0 aliphatic heterocycles. The Morgan fingerprint density at radius 2 is 2.15 bits per heavy atom. The third-order valence-corrected chi connectivity index (χ3v) is 3.07. The molecule has 0 bridgehead atoms. The molecule has 2 aromatic rings. The van der Waals surface area contributed by atoms with Crippen LogP contribution in [0.3, 0.4) is 0 Å². The molecule has 1 unspecified atom stereocenters. The highest BCUT2D eigenvalue weighted by molar-refractivity contribution is 5.92. The third kappa shape index (κ3) is 3.45. The number of aromatic nitrogens is 2. The van der Waals surface area contributed by atoms with E-state index in [1.807, 2.05) is 30.3 Å². The van der Waals surface area contributed by atoms with E-state index in [4.69, 9.17) is 0 Å². The van der Waals surface area contributed by atoms with Gasteiger partial charge in [-0.3, -0.25) is 9.89 Å². The van der Waals surface area contributed by atoms with Crippen LogP contribution in [0.5, 0.6) is 0 Å². The molecular weight excluding hydrogens is 254 g/mol. The minimum Gasteiger partial charge on any atom is -0.394 e. The van der Waals surface area contributed by atoms with E-state index in [0.29, 0.717) is 5.69 Å². The van der Waals surface area contributed by atoms with Gasteiger partial charge >= 0.3 is 0 Å². The molecule has 0 aliphatic carbocycles. The summed E-state index contributed by atoms with van der Waals surface area (Å²) in [5.41, 5.74) is 2.16. The molecule has 5 heteroatoms. The summed E-state index contributed by atoms with van der Waals surface area (Å²) in [5, 5.41) is 19.0. The highest BCUT2D eigenvalue weighted by atomic mass is 16.3. The van der Waals surface area contributed by atoms with Gasteiger partial charge in [-0.1, -0.05) is 43.7 Å². The lowest BCUT2D eigenvalue weighted by Crippen LogP contribution is -2.31. The predicted octanol–water partition coefficient (Wildman–Crippen LogP) is 1.83. The van der Waals surface area contributed by atoms with E-state index >= 15 is 0 Å². The topological polar surface area (TPSA) is 78.0 Å². The molecule has 1 atom stereocenters. The first-order valence-corrected chi connectivity index (χ1v) is 6.75. The Morgan fingerprint density at radius 1 is 1.40 bits per heavy atom. The monoisotopic (exact) mass is 273 g/mol. The predicted molar refractivity (Wildman–Crippen MR) is 76.3 cm³/mol. The van der Waals surface area contributed by atoms with E-state index in [2.05, 4.69) is 22.4 Å². The Labute approximate surface area is 118 Å². The minimum absolute atomic E-state index is 0.151. The average Bonchev–Trinajstić information content (AvgIpc) is 2.94. The standard InChI is InChI=1S/C15H19N3O2/c1-2-6-12-9-13(18-17-12)15(20)16-14(10-19)11-7-4-3-5-8-11/h3-5,7-9,14,19H,2,6,10H2,1H3,(H,16,20)(H,17,18). The summed E-state index contributed by atoms with van der Waals surface area (Å²) in [6.07, 6.45) is 1.86. The first-order chi connectivity index (χ1) is 9.74. The van der Waals surface area contributed by atoms with Crippen molar-refractivity contribution in [2.75, 3.05) is 6.61 Å². The van der Waals surface area contributed by atoms with Crippen molar-refractivity contribution in [1.29, 1.82) is 0 Å². The maximum absolute atomic E-state index is 12.1. The molecule has 0 spiro atoms. The van der Waals surface area contributed by atoms with Crippen LogP contribution in [-0.2, 0) is 6.42 Å². The number of H-pyrrole nitrogens is 1. The van der Waals surface area contributed by atoms with Crippen molar-refractivity contribution in [2.45, 2.75) is 25.8 Å². The highest BCUT2D eigenvalue weighted by Gasteiger charge is 2.16. The number of hydrogen-bond donors (Lipinski definition) is 3.